The van der Waals surface area contributed by atoms with Crippen LogP contribution in [0.1, 0.15) is 37.6 Å². The van der Waals surface area contributed by atoms with E-state index in [9.17, 15) is 13.2 Å². The van der Waals surface area contributed by atoms with Crippen molar-refractivity contribution < 1.29 is 13.2 Å². The molecule has 2 rings (SSSR count). The molecule has 1 aromatic carbocycles. The van der Waals surface area contributed by atoms with Gasteiger partial charge in [0, 0.05) is 25.2 Å². The van der Waals surface area contributed by atoms with Crippen LogP contribution in [-0.2, 0) is 10.0 Å². The third kappa shape index (κ3) is 5.03. The first-order chi connectivity index (χ1) is 11.7. The van der Waals surface area contributed by atoms with Gasteiger partial charge in [0.1, 0.15) is 0 Å². The summed E-state index contributed by atoms with van der Waals surface area (Å²) in [5, 5.41) is 2.80. The van der Waals surface area contributed by atoms with Crippen molar-refractivity contribution in [3.8, 4) is 0 Å². The average Bonchev–Trinajstić information content (AvgIpc) is 2.58. The minimum atomic E-state index is -3.51. The van der Waals surface area contributed by atoms with Crippen molar-refractivity contribution in [2.75, 3.05) is 26.2 Å². The summed E-state index contributed by atoms with van der Waals surface area (Å²) < 4.78 is 27.2. The fraction of sp³-hybridized carbons (Fsp3) is 0.611. The molecule has 1 saturated heterocycles. The summed E-state index contributed by atoms with van der Waals surface area (Å²) in [5.41, 5.74) is 5.98. The number of nitrogens with zero attached hydrogens (tertiary/aromatic N) is 1. The van der Waals surface area contributed by atoms with Gasteiger partial charge in [-0.15, -0.1) is 0 Å². The number of amides is 1. The highest BCUT2D eigenvalue weighted by molar-refractivity contribution is 7.89. The third-order valence-electron chi connectivity index (χ3n) is 4.60. The van der Waals surface area contributed by atoms with Crippen LogP contribution < -0.4 is 11.1 Å². The van der Waals surface area contributed by atoms with Crippen LogP contribution in [0.4, 0.5) is 0 Å². The number of rotatable bonds is 6. The number of nitrogens with one attached hydrogen (secondary N) is 1. The van der Waals surface area contributed by atoms with E-state index in [1.54, 1.807) is 16.4 Å². The molecular formula is C18H29N3O3S. The molecule has 3 unspecified atom stereocenters. The van der Waals surface area contributed by atoms with Gasteiger partial charge in [-0.25, -0.2) is 8.42 Å². The highest BCUT2D eigenvalue weighted by Crippen LogP contribution is 2.26. The molecule has 1 heterocycles. The van der Waals surface area contributed by atoms with Gasteiger partial charge in [-0.1, -0.05) is 20.8 Å². The van der Waals surface area contributed by atoms with E-state index in [1.165, 1.54) is 12.1 Å². The second-order valence-corrected chi connectivity index (χ2v) is 9.28. The lowest BCUT2D eigenvalue weighted by molar-refractivity contribution is 0.0948. The van der Waals surface area contributed by atoms with E-state index in [0.29, 0.717) is 43.6 Å². The summed E-state index contributed by atoms with van der Waals surface area (Å²) in [6.07, 6.45) is 1.05. The summed E-state index contributed by atoms with van der Waals surface area (Å²) in [4.78, 5) is 12.3. The van der Waals surface area contributed by atoms with Crippen LogP contribution in [0.2, 0.25) is 0 Å². The van der Waals surface area contributed by atoms with Crippen molar-refractivity contribution >= 4 is 15.9 Å². The van der Waals surface area contributed by atoms with Crippen molar-refractivity contribution in [2.24, 2.45) is 23.5 Å². The fourth-order valence-electron chi connectivity index (χ4n) is 3.18. The first kappa shape index (κ1) is 19.9. The monoisotopic (exact) mass is 367 g/mol. The molecule has 3 N–H and O–H groups in total. The van der Waals surface area contributed by atoms with Gasteiger partial charge in [0.15, 0.2) is 0 Å². The zero-order valence-electron chi connectivity index (χ0n) is 15.2. The summed E-state index contributed by atoms with van der Waals surface area (Å²) in [6, 6.07) is 6.15. The third-order valence-corrected chi connectivity index (χ3v) is 6.45. The second-order valence-electron chi connectivity index (χ2n) is 7.34. The first-order valence-electron chi connectivity index (χ1n) is 8.82. The SMILES string of the molecule is CC(CN)CNC(=O)c1ccc(S(=O)(=O)N2CC(C)CC(C)C2)cc1. The summed E-state index contributed by atoms with van der Waals surface area (Å²) in [7, 11) is -3.51. The maximum Gasteiger partial charge on any atom is 0.251 e. The Hall–Kier alpha value is -1.44. The van der Waals surface area contributed by atoms with Gasteiger partial charge < -0.3 is 11.1 Å². The standard InChI is InChI=1S/C18H29N3O3S/c1-13-8-14(2)12-21(11-13)25(23,24)17-6-4-16(5-7-17)18(22)20-10-15(3)9-19/h4-7,13-15H,8-12,19H2,1-3H3,(H,20,22). The Morgan fingerprint density at radius 2 is 1.80 bits per heavy atom. The summed E-state index contributed by atoms with van der Waals surface area (Å²) in [5.74, 6) is 0.692. The quantitative estimate of drug-likeness (QED) is 0.800. The van der Waals surface area contributed by atoms with E-state index < -0.39 is 10.0 Å². The zero-order chi connectivity index (χ0) is 18.6. The van der Waals surface area contributed by atoms with Gasteiger partial charge in [0.25, 0.3) is 5.91 Å². The molecule has 0 saturated carbocycles. The molecule has 1 aromatic rings. The van der Waals surface area contributed by atoms with Gasteiger partial charge >= 0.3 is 0 Å². The normalized spacial score (nSPS) is 23.2. The lowest BCUT2D eigenvalue weighted by atomic mass is 9.94. The predicted octanol–water partition coefficient (Wildman–Crippen LogP) is 1.68. The van der Waals surface area contributed by atoms with Crippen molar-refractivity contribution in [3.05, 3.63) is 29.8 Å². The molecule has 1 amide bonds. The first-order valence-corrected chi connectivity index (χ1v) is 10.3. The molecule has 0 bridgehead atoms. The molecule has 1 aliphatic heterocycles. The van der Waals surface area contributed by atoms with Gasteiger partial charge in [-0.2, -0.15) is 4.31 Å². The lowest BCUT2D eigenvalue weighted by Gasteiger charge is -2.34. The van der Waals surface area contributed by atoms with Gasteiger partial charge in [-0.05, 0) is 55.0 Å². The molecule has 6 nitrogen and oxygen atoms in total. The van der Waals surface area contributed by atoms with Gasteiger partial charge in [-0.3, -0.25) is 4.79 Å². The summed E-state index contributed by atoms with van der Waals surface area (Å²) in [6.45, 7) is 8.21. The molecule has 0 aromatic heterocycles. The van der Waals surface area contributed by atoms with Crippen LogP contribution in [0.5, 0.6) is 0 Å². The number of nitrogens with two attached hydrogens (primary N) is 1. The van der Waals surface area contributed by atoms with Crippen molar-refractivity contribution in [1.29, 1.82) is 0 Å². The Labute approximate surface area is 150 Å². The van der Waals surface area contributed by atoms with Gasteiger partial charge in [0.05, 0.1) is 4.90 Å². The molecule has 3 atom stereocenters. The maximum atomic E-state index is 12.8. The number of piperidine rings is 1. The Balaban J connectivity index is 2.09. The highest BCUT2D eigenvalue weighted by atomic mass is 32.2. The van der Waals surface area contributed by atoms with Crippen LogP contribution in [0.3, 0.4) is 0 Å². The van der Waals surface area contributed by atoms with Crippen LogP contribution in [0.25, 0.3) is 0 Å². The van der Waals surface area contributed by atoms with E-state index in [-0.39, 0.29) is 16.7 Å². The molecule has 0 radical (unpaired) electrons. The van der Waals surface area contributed by atoms with Gasteiger partial charge in [0.2, 0.25) is 10.0 Å². The molecule has 1 aliphatic rings. The summed E-state index contributed by atoms with van der Waals surface area (Å²) >= 11 is 0. The number of carbonyl (C=O) groups excluding carboxylic acids is 1. The van der Waals surface area contributed by atoms with Crippen molar-refractivity contribution in [2.45, 2.75) is 32.1 Å². The molecule has 0 spiro atoms. The van der Waals surface area contributed by atoms with Crippen LogP contribution >= 0.6 is 0 Å². The van der Waals surface area contributed by atoms with Crippen LogP contribution in [-0.4, -0.2) is 44.8 Å². The Bertz CT molecular complexity index is 678. The average molecular weight is 368 g/mol. The van der Waals surface area contributed by atoms with Crippen molar-refractivity contribution in [1.82, 2.24) is 9.62 Å². The smallest absolute Gasteiger partial charge is 0.251 e. The van der Waals surface area contributed by atoms with Crippen molar-refractivity contribution in [3.63, 3.8) is 0 Å². The highest BCUT2D eigenvalue weighted by Gasteiger charge is 2.31. The molecule has 1 fully saturated rings. The minimum Gasteiger partial charge on any atom is -0.352 e. The minimum absolute atomic E-state index is 0.201. The van der Waals surface area contributed by atoms with E-state index in [2.05, 4.69) is 19.2 Å². The largest absolute Gasteiger partial charge is 0.352 e. The van der Waals surface area contributed by atoms with E-state index in [0.717, 1.165) is 6.42 Å². The number of hydrogen-bond acceptors (Lipinski definition) is 4. The second kappa shape index (κ2) is 8.29. The fourth-order valence-corrected chi connectivity index (χ4v) is 4.86. The zero-order valence-corrected chi connectivity index (χ0v) is 16.1. The van der Waals surface area contributed by atoms with Crippen LogP contribution in [0, 0.1) is 17.8 Å². The van der Waals surface area contributed by atoms with E-state index in [4.69, 9.17) is 5.73 Å². The number of hydrogen-bond donors (Lipinski definition) is 2. The molecule has 7 heteroatoms. The molecule has 140 valence electrons. The topological polar surface area (TPSA) is 92.5 Å². The lowest BCUT2D eigenvalue weighted by Crippen LogP contribution is -2.42. The molecule has 25 heavy (non-hydrogen) atoms. The van der Waals surface area contributed by atoms with Crippen LogP contribution in [0.15, 0.2) is 29.2 Å². The maximum absolute atomic E-state index is 12.8. The Morgan fingerprint density at radius 1 is 1.24 bits per heavy atom. The molecular weight excluding hydrogens is 338 g/mol. The van der Waals surface area contributed by atoms with E-state index >= 15 is 0 Å². The molecule has 0 aliphatic carbocycles. The predicted molar refractivity (Wildman–Crippen MR) is 98.7 cm³/mol. The number of sulfonamides is 1. The Morgan fingerprint density at radius 3 is 2.32 bits per heavy atom. The number of benzene rings is 1. The Kier molecular flexibility index (Phi) is 6.59. The van der Waals surface area contributed by atoms with E-state index in [1.807, 2.05) is 6.92 Å². The number of carbonyl (C=O) groups is 1.